The number of carbonyl (C=O) groups is 1. The number of anilines is 1. The number of benzene rings is 2. The molecule has 0 radical (unpaired) electrons. The van der Waals surface area contributed by atoms with Gasteiger partial charge in [0.2, 0.25) is 0 Å². The van der Waals surface area contributed by atoms with E-state index < -0.39 is 0 Å². The third kappa shape index (κ3) is 4.22. The van der Waals surface area contributed by atoms with Crippen LogP contribution >= 0.6 is 34.3 Å². The summed E-state index contributed by atoms with van der Waals surface area (Å²) in [5, 5.41) is 7.76. The van der Waals surface area contributed by atoms with Gasteiger partial charge < -0.3 is 10.1 Å². The minimum atomic E-state index is -0.365. The van der Waals surface area contributed by atoms with Gasteiger partial charge in [0.25, 0.3) is 5.91 Å². The van der Waals surface area contributed by atoms with Crippen LogP contribution in [0.4, 0.5) is 10.2 Å². The summed E-state index contributed by atoms with van der Waals surface area (Å²) in [5.74, 6) is 0.468. The maximum atomic E-state index is 13.4. The number of ether oxygens (including phenoxy) is 1. The molecule has 0 saturated carbocycles. The number of halogens is 2. The van der Waals surface area contributed by atoms with E-state index in [1.165, 1.54) is 34.8 Å². The highest BCUT2D eigenvalue weighted by molar-refractivity contribution is 7.15. The molecular weight excluding hydrogens is 471 g/mol. The smallest absolute Gasteiger partial charge is 0.276 e. The molecule has 0 atom stereocenters. The van der Waals surface area contributed by atoms with Crippen LogP contribution in [-0.2, 0) is 6.61 Å². The van der Waals surface area contributed by atoms with Gasteiger partial charge in [-0.05, 0) is 48.5 Å². The van der Waals surface area contributed by atoms with Crippen LogP contribution in [-0.4, -0.2) is 20.3 Å². The van der Waals surface area contributed by atoms with E-state index >= 15 is 0 Å². The molecule has 5 aromatic rings. The Morgan fingerprint density at radius 3 is 2.66 bits per heavy atom. The molecule has 32 heavy (non-hydrogen) atoms. The molecule has 5 rings (SSSR count). The number of nitrogens with zero attached hydrogens (tertiary/aromatic N) is 3. The van der Waals surface area contributed by atoms with Gasteiger partial charge in [-0.1, -0.05) is 11.6 Å². The van der Waals surface area contributed by atoms with E-state index in [9.17, 15) is 9.18 Å². The van der Waals surface area contributed by atoms with Crippen LogP contribution in [0.15, 0.2) is 65.5 Å². The topological polar surface area (TPSA) is 68.5 Å². The second-order valence-corrected chi connectivity index (χ2v) is 8.95. The monoisotopic (exact) mass is 484 g/mol. The largest absolute Gasteiger partial charge is 0.486 e. The van der Waals surface area contributed by atoms with Crippen molar-refractivity contribution < 1.29 is 13.9 Å². The van der Waals surface area contributed by atoms with Gasteiger partial charge in [-0.3, -0.25) is 9.20 Å². The third-order valence-corrected chi connectivity index (χ3v) is 6.40. The van der Waals surface area contributed by atoms with Crippen molar-refractivity contribution in [2.75, 3.05) is 5.32 Å². The van der Waals surface area contributed by atoms with Crippen LogP contribution < -0.4 is 10.1 Å². The number of hydrogen-bond donors (Lipinski definition) is 1. The van der Waals surface area contributed by atoms with Crippen molar-refractivity contribution in [2.24, 2.45) is 0 Å². The van der Waals surface area contributed by atoms with Crippen molar-refractivity contribution >= 4 is 51.0 Å². The van der Waals surface area contributed by atoms with Crippen molar-refractivity contribution in [1.82, 2.24) is 14.4 Å². The minimum absolute atomic E-state index is 0.238. The number of carbonyl (C=O) groups excluding carboxylic acids is 1. The molecule has 0 unspecified atom stereocenters. The van der Waals surface area contributed by atoms with Gasteiger partial charge in [0.15, 0.2) is 4.96 Å². The molecule has 0 bridgehead atoms. The Bertz CT molecular complexity index is 1390. The van der Waals surface area contributed by atoms with Crippen LogP contribution in [0.3, 0.4) is 0 Å². The van der Waals surface area contributed by atoms with E-state index in [4.69, 9.17) is 16.3 Å². The minimum Gasteiger partial charge on any atom is -0.486 e. The quantitative estimate of drug-likeness (QED) is 0.314. The Morgan fingerprint density at radius 1 is 1.09 bits per heavy atom. The molecule has 0 saturated heterocycles. The summed E-state index contributed by atoms with van der Waals surface area (Å²) in [6.45, 7) is 0.238. The second-order valence-electron chi connectivity index (χ2n) is 6.69. The molecule has 0 aliphatic rings. The average Bonchev–Trinajstić information content (AvgIpc) is 3.52. The Morgan fingerprint density at radius 2 is 1.88 bits per heavy atom. The lowest BCUT2D eigenvalue weighted by Crippen LogP contribution is -2.14. The lowest BCUT2D eigenvalue weighted by Gasteiger charge is -2.06. The summed E-state index contributed by atoms with van der Waals surface area (Å²) in [6.07, 6.45) is 1.82. The standard InChI is InChI=1S/C22H14ClFN4O2S2/c23-14-3-7-16(8-4-14)30-11-18-25-17(12-32-18)21(29)27-20-19(13-1-5-15(24)6-2-13)26-22-28(20)9-10-31-22/h1-10,12H,11H2,(H,27,29). The van der Waals surface area contributed by atoms with Crippen LogP contribution in [0.1, 0.15) is 15.5 Å². The highest BCUT2D eigenvalue weighted by atomic mass is 35.5. The van der Waals surface area contributed by atoms with E-state index in [2.05, 4.69) is 15.3 Å². The molecule has 0 aliphatic heterocycles. The number of rotatable bonds is 6. The van der Waals surface area contributed by atoms with E-state index in [0.717, 1.165) is 4.96 Å². The molecule has 3 heterocycles. The maximum Gasteiger partial charge on any atom is 0.276 e. The lowest BCUT2D eigenvalue weighted by molar-refractivity contribution is 0.102. The van der Waals surface area contributed by atoms with E-state index in [0.29, 0.717) is 32.9 Å². The van der Waals surface area contributed by atoms with Crippen LogP contribution in [0.5, 0.6) is 5.75 Å². The normalized spacial score (nSPS) is 11.1. The molecule has 6 nitrogen and oxygen atoms in total. The molecule has 10 heteroatoms. The van der Waals surface area contributed by atoms with Gasteiger partial charge in [-0.25, -0.2) is 14.4 Å². The number of hydrogen-bond acceptors (Lipinski definition) is 6. The highest BCUT2D eigenvalue weighted by Crippen LogP contribution is 2.31. The molecular formula is C22H14ClFN4O2S2. The van der Waals surface area contributed by atoms with Gasteiger partial charge in [0.05, 0.1) is 0 Å². The fraction of sp³-hybridized carbons (Fsp3) is 0.0455. The summed E-state index contributed by atoms with van der Waals surface area (Å²) < 4.78 is 20.8. The molecule has 3 aromatic heterocycles. The SMILES string of the molecule is O=C(Nc1c(-c2ccc(F)cc2)nc2sccn12)c1csc(COc2ccc(Cl)cc2)n1. The molecule has 2 aromatic carbocycles. The summed E-state index contributed by atoms with van der Waals surface area (Å²) in [5.41, 5.74) is 1.54. The van der Waals surface area contributed by atoms with Crippen molar-refractivity contribution in [2.45, 2.75) is 6.61 Å². The van der Waals surface area contributed by atoms with E-state index in [1.807, 2.05) is 11.6 Å². The number of fused-ring (bicyclic) bond motifs is 1. The predicted octanol–water partition coefficient (Wildman–Crippen LogP) is 6.14. The second kappa shape index (κ2) is 8.70. The Kier molecular flexibility index (Phi) is 5.60. The zero-order valence-corrected chi connectivity index (χ0v) is 18.7. The summed E-state index contributed by atoms with van der Waals surface area (Å²) in [6, 6.07) is 13.0. The first-order chi connectivity index (χ1) is 15.6. The van der Waals surface area contributed by atoms with Crippen molar-refractivity contribution in [1.29, 1.82) is 0 Å². The number of thiazole rings is 2. The summed E-state index contributed by atoms with van der Waals surface area (Å²) in [4.78, 5) is 22.6. The van der Waals surface area contributed by atoms with Gasteiger partial charge in [-0.15, -0.1) is 22.7 Å². The maximum absolute atomic E-state index is 13.4. The van der Waals surface area contributed by atoms with Gasteiger partial charge >= 0.3 is 0 Å². The Hall–Kier alpha value is -3.27. The molecule has 0 aliphatic carbocycles. The third-order valence-electron chi connectivity index (χ3n) is 4.57. The van der Waals surface area contributed by atoms with Crippen molar-refractivity contribution in [3.63, 3.8) is 0 Å². The Labute approximate surface area is 194 Å². The molecule has 0 spiro atoms. The first kappa shape index (κ1) is 20.6. The fourth-order valence-corrected chi connectivity index (χ4v) is 4.57. The number of amides is 1. The number of nitrogens with one attached hydrogen (secondary N) is 1. The van der Waals surface area contributed by atoms with Gasteiger partial charge in [-0.2, -0.15) is 0 Å². The fourth-order valence-electron chi connectivity index (χ4n) is 3.04. The van der Waals surface area contributed by atoms with Gasteiger partial charge in [0.1, 0.15) is 40.4 Å². The first-order valence-corrected chi connectivity index (χ1v) is 11.6. The van der Waals surface area contributed by atoms with Crippen LogP contribution in [0.25, 0.3) is 16.2 Å². The molecule has 1 amide bonds. The highest BCUT2D eigenvalue weighted by Gasteiger charge is 2.19. The van der Waals surface area contributed by atoms with Crippen LogP contribution in [0.2, 0.25) is 5.02 Å². The summed E-state index contributed by atoms with van der Waals surface area (Å²) >= 11 is 8.65. The Balaban J connectivity index is 1.35. The summed E-state index contributed by atoms with van der Waals surface area (Å²) in [7, 11) is 0. The zero-order valence-electron chi connectivity index (χ0n) is 16.3. The van der Waals surface area contributed by atoms with E-state index in [-0.39, 0.29) is 24.0 Å². The first-order valence-electron chi connectivity index (χ1n) is 9.42. The van der Waals surface area contributed by atoms with E-state index in [1.54, 1.807) is 46.2 Å². The molecule has 1 N–H and O–H groups in total. The molecule has 0 fully saturated rings. The van der Waals surface area contributed by atoms with Crippen molar-refractivity contribution in [3.05, 3.63) is 87.0 Å². The molecule has 160 valence electrons. The predicted molar refractivity (Wildman–Crippen MR) is 124 cm³/mol. The number of imidazole rings is 1. The van der Waals surface area contributed by atoms with Crippen LogP contribution in [0, 0.1) is 5.82 Å². The van der Waals surface area contributed by atoms with Crippen molar-refractivity contribution in [3.8, 4) is 17.0 Å². The average molecular weight is 485 g/mol. The number of aromatic nitrogens is 3. The van der Waals surface area contributed by atoms with Gasteiger partial charge in [0, 0.05) is 27.5 Å². The zero-order chi connectivity index (χ0) is 22.1. The lowest BCUT2D eigenvalue weighted by atomic mass is 10.1.